The lowest BCUT2D eigenvalue weighted by Crippen LogP contribution is -2.30. The van der Waals surface area contributed by atoms with Crippen LogP contribution in [-0.4, -0.2) is 6.54 Å². The molecule has 0 fully saturated rings. The molecule has 0 aliphatic carbocycles. The first-order valence-electron chi connectivity index (χ1n) is 9.87. The van der Waals surface area contributed by atoms with Crippen LogP contribution < -0.4 is 9.47 Å². The van der Waals surface area contributed by atoms with Gasteiger partial charge >= 0.3 is 0 Å². The van der Waals surface area contributed by atoms with Gasteiger partial charge in [0, 0.05) is 41.4 Å². The number of fused-ring (bicyclic) bond motifs is 6. The van der Waals surface area contributed by atoms with Crippen LogP contribution in [0.1, 0.15) is 37.3 Å². The lowest BCUT2D eigenvalue weighted by atomic mass is 9.82. The van der Waals surface area contributed by atoms with E-state index in [1.807, 2.05) is 11.3 Å². The Morgan fingerprint density at radius 3 is 2.78 bits per heavy atom. The van der Waals surface area contributed by atoms with Gasteiger partial charge in [-0.05, 0) is 35.8 Å². The van der Waals surface area contributed by atoms with E-state index in [1.165, 1.54) is 43.3 Å². The maximum Gasteiger partial charge on any atom is 0.266 e. The van der Waals surface area contributed by atoms with Crippen molar-refractivity contribution in [2.24, 2.45) is 0 Å². The maximum atomic E-state index is 2.57. The zero-order valence-electron chi connectivity index (χ0n) is 15.8. The van der Waals surface area contributed by atoms with Gasteiger partial charge in [0.1, 0.15) is 4.70 Å². The van der Waals surface area contributed by atoms with E-state index in [0.29, 0.717) is 0 Å². The second-order valence-electron chi connectivity index (χ2n) is 8.36. The first-order valence-corrected chi connectivity index (χ1v) is 10.7. The average molecular weight is 372 g/mol. The Morgan fingerprint density at radius 1 is 1.04 bits per heavy atom. The monoisotopic (exact) mass is 371 g/mol. The molecule has 0 bridgehead atoms. The van der Waals surface area contributed by atoms with Crippen molar-refractivity contribution in [2.75, 3.05) is 11.4 Å². The highest BCUT2D eigenvalue weighted by Gasteiger charge is 2.44. The zero-order valence-corrected chi connectivity index (χ0v) is 16.6. The summed E-state index contributed by atoms with van der Waals surface area (Å²) in [6.07, 6.45) is 4.83. The third-order valence-electron chi connectivity index (χ3n) is 6.47. The molecule has 0 N–H and O–H groups in total. The Kier molecular flexibility index (Phi) is 3.09. The first kappa shape index (κ1) is 15.6. The van der Waals surface area contributed by atoms with Gasteiger partial charge in [-0.1, -0.05) is 55.5 Å². The average Bonchev–Trinajstić information content (AvgIpc) is 3.40. The minimum atomic E-state index is 0.0915. The van der Waals surface area contributed by atoms with Gasteiger partial charge in [-0.2, -0.15) is 4.57 Å². The van der Waals surface area contributed by atoms with Crippen LogP contribution in [0.15, 0.2) is 65.9 Å². The van der Waals surface area contributed by atoms with Crippen LogP contribution in [0, 0.1) is 0 Å². The van der Waals surface area contributed by atoms with Crippen LogP contribution >= 0.6 is 11.3 Å². The second kappa shape index (κ2) is 5.32. The molecule has 0 amide bonds. The number of nitrogens with zero attached hydrogens (tertiary/aromatic N) is 2. The first-order chi connectivity index (χ1) is 13.1. The number of thiazole rings is 1. The van der Waals surface area contributed by atoms with Gasteiger partial charge in [-0.15, -0.1) is 0 Å². The van der Waals surface area contributed by atoms with E-state index >= 15 is 0 Å². The van der Waals surface area contributed by atoms with Crippen molar-refractivity contribution < 1.29 is 4.57 Å². The molecule has 1 aromatic heterocycles. The molecule has 6 rings (SSSR count). The predicted octanol–water partition coefficient (Wildman–Crippen LogP) is 5.43. The second-order valence-corrected chi connectivity index (χ2v) is 9.39. The van der Waals surface area contributed by atoms with Gasteiger partial charge in [-0.25, -0.2) is 0 Å². The molecule has 2 aromatic carbocycles. The summed E-state index contributed by atoms with van der Waals surface area (Å²) in [5.74, 6) is 0. The molecule has 3 aromatic rings. The number of benzene rings is 2. The predicted molar refractivity (Wildman–Crippen MR) is 113 cm³/mol. The normalized spacial score (nSPS) is 21.3. The Bertz CT molecular complexity index is 1160. The topological polar surface area (TPSA) is 7.12 Å². The lowest BCUT2D eigenvalue weighted by Gasteiger charge is -2.23. The Balaban J connectivity index is 1.50. The summed E-state index contributed by atoms with van der Waals surface area (Å²) in [6, 6.07) is 17.8. The lowest BCUT2D eigenvalue weighted by molar-refractivity contribution is -0.659. The summed E-state index contributed by atoms with van der Waals surface area (Å²) in [6.45, 7) is 7.00. The number of aromatic nitrogens is 1. The fraction of sp³-hybridized carbons (Fsp3) is 0.292. The standard InChI is InChI=1S/C24H23N2S/c1-24(2)18-7-3-4-8-19(18)25-13-11-16(22(24)25)15-17-12-14-26-20-9-5-6-10-21(20)27-23(17)26/h3-10,15H,11-14H2,1-2H3/q+1. The molecule has 134 valence electrons. The third-order valence-corrected chi connectivity index (χ3v) is 7.72. The molecule has 0 radical (unpaired) electrons. The van der Waals surface area contributed by atoms with Crippen LogP contribution in [0.4, 0.5) is 5.69 Å². The van der Waals surface area contributed by atoms with Crippen molar-refractivity contribution >= 4 is 32.8 Å². The van der Waals surface area contributed by atoms with Gasteiger partial charge in [-0.3, -0.25) is 0 Å². The molecular formula is C24H23N2S+. The summed E-state index contributed by atoms with van der Waals surface area (Å²) < 4.78 is 3.91. The number of para-hydroxylation sites is 2. The van der Waals surface area contributed by atoms with Crippen molar-refractivity contribution in [2.45, 2.75) is 38.6 Å². The molecule has 0 saturated carbocycles. The van der Waals surface area contributed by atoms with E-state index in [-0.39, 0.29) is 5.41 Å². The van der Waals surface area contributed by atoms with E-state index in [1.54, 1.807) is 0 Å². The summed E-state index contributed by atoms with van der Waals surface area (Å²) >= 11 is 1.95. The van der Waals surface area contributed by atoms with Crippen LogP contribution in [0.2, 0.25) is 0 Å². The van der Waals surface area contributed by atoms with E-state index in [0.717, 1.165) is 25.9 Å². The van der Waals surface area contributed by atoms with Crippen molar-refractivity contribution in [3.63, 3.8) is 0 Å². The fourth-order valence-electron chi connectivity index (χ4n) is 5.30. The van der Waals surface area contributed by atoms with E-state index in [9.17, 15) is 0 Å². The summed E-state index contributed by atoms with van der Waals surface area (Å²) in [5.41, 5.74) is 8.95. The molecule has 0 atom stereocenters. The highest BCUT2D eigenvalue weighted by atomic mass is 32.1. The summed E-state index contributed by atoms with van der Waals surface area (Å²) in [7, 11) is 0. The molecule has 2 nitrogen and oxygen atoms in total. The number of hydrogen-bond donors (Lipinski definition) is 0. The minimum absolute atomic E-state index is 0.0915. The number of anilines is 1. The van der Waals surface area contributed by atoms with E-state index < -0.39 is 0 Å². The number of hydrogen-bond acceptors (Lipinski definition) is 2. The SMILES string of the molecule is CC1(C)C2=C(C=C3CC[n+]4c3sc3ccccc34)CCN2c2ccccc21. The van der Waals surface area contributed by atoms with Gasteiger partial charge in [0.15, 0.2) is 6.54 Å². The molecule has 3 heteroatoms. The molecule has 0 unspecified atom stereocenters. The van der Waals surface area contributed by atoms with Crippen LogP contribution in [0.5, 0.6) is 0 Å². The number of aryl methyl sites for hydroxylation is 1. The van der Waals surface area contributed by atoms with E-state index in [4.69, 9.17) is 0 Å². The molecule has 27 heavy (non-hydrogen) atoms. The number of rotatable bonds is 1. The molecule has 3 aliphatic heterocycles. The Labute approximate surface area is 164 Å². The van der Waals surface area contributed by atoms with Crippen molar-refractivity contribution in [3.05, 3.63) is 76.4 Å². The highest BCUT2D eigenvalue weighted by Crippen LogP contribution is 2.52. The molecule has 3 aliphatic rings. The van der Waals surface area contributed by atoms with Crippen molar-refractivity contribution in [1.82, 2.24) is 0 Å². The highest BCUT2D eigenvalue weighted by molar-refractivity contribution is 7.19. The number of allylic oxidation sites excluding steroid dienone is 3. The smallest absolute Gasteiger partial charge is 0.266 e. The fourth-order valence-corrected chi connectivity index (χ4v) is 6.53. The van der Waals surface area contributed by atoms with Crippen LogP contribution in [-0.2, 0) is 12.0 Å². The summed E-state index contributed by atoms with van der Waals surface area (Å²) in [4.78, 5) is 2.57. The Hall–Kier alpha value is -2.39. The van der Waals surface area contributed by atoms with Crippen molar-refractivity contribution in [1.29, 1.82) is 0 Å². The Morgan fingerprint density at radius 2 is 1.85 bits per heavy atom. The van der Waals surface area contributed by atoms with E-state index in [2.05, 4.69) is 77.9 Å². The molecule has 0 saturated heterocycles. The molecular weight excluding hydrogens is 348 g/mol. The maximum absolute atomic E-state index is 2.57. The van der Waals surface area contributed by atoms with Gasteiger partial charge in [0.25, 0.3) is 5.01 Å². The largest absolute Gasteiger partial charge is 0.343 e. The van der Waals surface area contributed by atoms with Crippen molar-refractivity contribution in [3.8, 4) is 0 Å². The quantitative estimate of drug-likeness (QED) is 0.517. The van der Waals surface area contributed by atoms with Crippen LogP contribution in [0.25, 0.3) is 15.8 Å². The molecule has 0 spiro atoms. The minimum Gasteiger partial charge on any atom is -0.343 e. The zero-order chi connectivity index (χ0) is 18.2. The third kappa shape index (κ3) is 2.03. The van der Waals surface area contributed by atoms with Gasteiger partial charge < -0.3 is 4.90 Å². The van der Waals surface area contributed by atoms with Gasteiger partial charge in [0.05, 0.1) is 0 Å². The molecule has 4 heterocycles. The van der Waals surface area contributed by atoms with Gasteiger partial charge in [0.2, 0.25) is 5.52 Å². The summed E-state index contributed by atoms with van der Waals surface area (Å²) in [5, 5.41) is 1.45. The van der Waals surface area contributed by atoms with Crippen LogP contribution in [0.3, 0.4) is 0 Å².